The molecule has 0 aromatic heterocycles. The Morgan fingerprint density at radius 1 is 1.08 bits per heavy atom. The van der Waals surface area contributed by atoms with E-state index in [1.54, 1.807) is 0 Å². The average molecular weight is 329 g/mol. The van der Waals surface area contributed by atoms with E-state index in [0.717, 1.165) is 25.7 Å². The first-order chi connectivity index (χ1) is 11.5. The Morgan fingerprint density at radius 3 is 2.42 bits per heavy atom. The predicted molar refractivity (Wildman–Crippen MR) is 92.6 cm³/mol. The van der Waals surface area contributed by atoms with E-state index >= 15 is 0 Å². The second kappa shape index (κ2) is 6.96. The van der Waals surface area contributed by atoms with Gasteiger partial charge in [-0.15, -0.1) is 0 Å². The summed E-state index contributed by atoms with van der Waals surface area (Å²) in [6, 6.07) is 6.73. The minimum Gasteiger partial charge on any atom is -0.481 e. The number of rotatable bonds is 5. The molecule has 2 fully saturated rings. The number of hydrogen-bond donors (Lipinski definition) is 1. The highest BCUT2D eigenvalue weighted by Crippen LogP contribution is 2.35. The first kappa shape index (κ1) is 17.0. The van der Waals surface area contributed by atoms with Crippen LogP contribution in [-0.2, 0) is 16.1 Å². The molecule has 1 aromatic rings. The smallest absolute Gasteiger partial charge is 0.306 e. The molecule has 2 unspecified atom stereocenters. The second-order valence-corrected chi connectivity index (χ2v) is 7.51. The fraction of sp³-hybridized carbons (Fsp3) is 0.600. The number of carbonyl (C=O) groups excluding carboxylic acids is 1. The van der Waals surface area contributed by atoms with Crippen LogP contribution in [0.15, 0.2) is 18.2 Å². The van der Waals surface area contributed by atoms with Crippen LogP contribution >= 0.6 is 0 Å². The van der Waals surface area contributed by atoms with Crippen LogP contribution in [-0.4, -0.2) is 27.9 Å². The van der Waals surface area contributed by atoms with Gasteiger partial charge in [-0.05, 0) is 62.6 Å². The lowest BCUT2D eigenvalue weighted by Crippen LogP contribution is -2.40. The number of nitrogens with zero attached hydrogens (tertiary/aromatic N) is 1. The zero-order valence-corrected chi connectivity index (χ0v) is 14.6. The highest BCUT2D eigenvalue weighted by Gasteiger charge is 2.38. The quantitative estimate of drug-likeness (QED) is 0.896. The van der Waals surface area contributed by atoms with Crippen LogP contribution in [0.5, 0.6) is 0 Å². The molecule has 0 radical (unpaired) electrons. The van der Waals surface area contributed by atoms with Gasteiger partial charge in [-0.1, -0.05) is 24.6 Å². The molecule has 3 rings (SSSR count). The molecule has 0 aliphatic heterocycles. The summed E-state index contributed by atoms with van der Waals surface area (Å²) in [4.78, 5) is 26.3. The van der Waals surface area contributed by atoms with E-state index in [4.69, 9.17) is 0 Å². The van der Waals surface area contributed by atoms with Crippen LogP contribution in [0.2, 0.25) is 0 Å². The largest absolute Gasteiger partial charge is 0.481 e. The van der Waals surface area contributed by atoms with Gasteiger partial charge in [0.15, 0.2) is 0 Å². The lowest BCUT2D eigenvalue weighted by Gasteiger charge is -2.31. The van der Waals surface area contributed by atoms with Gasteiger partial charge in [0.2, 0.25) is 5.91 Å². The molecule has 2 aliphatic rings. The number of carboxylic acids is 1. The molecule has 1 amide bonds. The van der Waals surface area contributed by atoms with Crippen LogP contribution in [0.4, 0.5) is 0 Å². The number of aliphatic carboxylic acids is 1. The fourth-order valence-corrected chi connectivity index (χ4v) is 3.74. The van der Waals surface area contributed by atoms with Crippen molar-refractivity contribution < 1.29 is 14.7 Å². The lowest BCUT2D eigenvalue weighted by atomic mass is 9.80. The van der Waals surface area contributed by atoms with Crippen LogP contribution in [0.25, 0.3) is 0 Å². The van der Waals surface area contributed by atoms with E-state index in [1.165, 1.54) is 16.7 Å². The van der Waals surface area contributed by atoms with E-state index in [0.29, 0.717) is 25.4 Å². The van der Waals surface area contributed by atoms with Crippen molar-refractivity contribution in [3.05, 3.63) is 34.9 Å². The number of amides is 1. The Hall–Kier alpha value is -1.84. The van der Waals surface area contributed by atoms with Crippen LogP contribution in [0.3, 0.4) is 0 Å². The maximum absolute atomic E-state index is 13.0. The normalized spacial score (nSPS) is 23.8. The number of aryl methyl sites for hydroxylation is 2. The molecule has 24 heavy (non-hydrogen) atoms. The summed E-state index contributed by atoms with van der Waals surface area (Å²) in [6.45, 7) is 4.84. The first-order valence-electron chi connectivity index (χ1n) is 9.05. The van der Waals surface area contributed by atoms with Gasteiger partial charge in [0.25, 0.3) is 0 Å². The van der Waals surface area contributed by atoms with Gasteiger partial charge in [0, 0.05) is 18.5 Å². The molecule has 2 aliphatic carbocycles. The van der Waals surface area contributed by atoms with Crippen LogP contribution < -0.4 is 0 Å². The molecule has 4 nitrogen and oxygen atoms in total. The minimum atomic E-state index is -0.750. The highest BCUT2D eigenvalue weighted by atomic mass is 16.4. The molecule has 0 saturated heterocycles. The molecule has 2 atom stereocenters. The van der Waals surface area contributed by atoms with Crippen molar-refractivity contribution in [2.24, 2.45) is 11.8 Å². The molecular weight excluding hydrogens is 302 g/mol. The second-order valence-electron chi connectivity index (χ2n) is 7.51. The summed E-state index contributed by atoms with van der Waals surface area (Å²) >= 11 is 0. The van der Waals surface area contributed by atoms with E-state index < -0.39 is 5.97 Å². The number of carbonyl (C=O) groups is 2. The van der Waals surface area contributed by atoms with E-state index in [-0.39, 0.29) is 17.7 Å². The summed E-state index contributed by atoms with van der Waals surface area (Å²) in [5.74, 6) is -1.05. The van der Waals surface area contributed by atoms with Crippen molar-refractivity contribution >= 4 is 11.9 Å². The predicted octanol–water partition coefficient (Wildman–Crippen LogP) is 3.69. The van der Waals surface area contributed by atoms with Crippen molar-refractivity contribution in [2.75, 3.05) is 0 Å². The van der Waals surface area contributed by atoms with Gasteiger partial charge in [-0.2, -0.15) is 0 Å². The van der Waals surface area contributed by atoms with E-state index in [9.17, 15) is 14.7 Å². The molecule has 0 spiro atoms. The Labute approximate surface area is 143 Å². The van der Waals surface area contributed by atoms with Crippen molar-refractivity contribution in [1.82, 2.24) is 4.90 Å². The Morgan fingerprint density at radius 2 is 1.79 bits per heavy atom. The molecule has 1 aromatic carbocycles. The van der Waals surface area contributed by atoms with Crippen molar-refractivity contribution in [3.8, 4) is 0 Å². The lowest BCUT2D eigenvalue weighted by molar-refractivity contribution is -0.145. The topological polar surface area (TPSA) is 57.6 Å². The maximum atomic E-state index is 13.0. The highest BCUT2D eigenvalue weighted by molar-refractivity contribution is 5.81. The summed E-state index contributed by atoms with van der Waals surface area (Å²) in [5, 5.41) is 9.26. The van der Waals surface area contributed by atoms with Crippen molar-refractivity contribution in [1.29, 1.82) is 0 Å². The van der Waals surface area contributed by atoms with Crippen molar-refractivity contribution in [2.45, 2.75) is 65.0 Å². The first-order valence-corrected chi connectivity index (χ1v) is 9.05. The van der Waals surface area contributed by atoms with Crippen LogP contribution in [0, 0.1) is 25.7 Å². The standard InChI is InChI=1S/C20H27NO3/c1-13-6-7-15(10-14(13)2)12-21(18-8-9-18)19(22)16-4-3-5-17(11-16)20(23)24/h6-7,10,16-18H,3-5,8-9,11-12H2,1-2H3,(H,23,24). The van der Waals surface area contributed by atoms with Gasteiger partial charge in [-0.3, -0.25) is 9.59 Å². The number of benzene rings is 1. The monoisotopic (exact) mass is 329 g/mol. The van der Waals surface area contributed by atoms with Crippen molar-refractivity contribution in [3.63, 3.8) is 0 Å². The molecule has 130 valence electrons. The minimum absolute atomic E-state index is 0.119. The molecule has 2 saturated carbocycles. The Balaban J connectivity index is 1.71. The molecular formula is C20H27NO3. The fourth-order valence-electron chi connectivity index (χ4n) is 3.74. The van der Waals surface area contributed by atoms with Crippen LogP contribution in [0.1, 0.15) is 55.2 Å². The molecule has 4 heteroatoms. The third kappa shape index (κ3) is 3.80. The third-order valence-corrected chi connectivity index (χ3v) is 5.57. The average Bonchev–Trinajstić information content (AvgIpc) is 3.40. The van der Waals surface area contributed by atoms with E-state index in [2.05, 4.69) is 32.0 Å². The zero-order valence-electron chi connectivity index (χ0n) is 14.6. The van der Waals surface area contributed by atoms with E-state index in [1.807, 2.05) is 4.90 Å². The number of carboxylic acid groups (broad SMARTS) is 1. The SMILES string of the molecule is Cc1ccc(CN(C(=O)C2CCCC(C(=O)O)C2)C2CC2)cc1C. The Bertz CT molecular complexity index is 636. The number of hydrogen-bond acceptors (Lipinski definition) is 2. The summed E-state index contributed by atoms with van der Waals surface area (Å²) in [6.07, 6.45) is 5.04. The van der Waals surface area contributed by atoms with Gasteiger partial charge in [0.1, 0.15) is 0 Å². The zero-order chi connectivity index (χ0) is 17.3. The summed E-state index contributed by atoms with van der Waals surface area (Å²) < 4.78 is 0. The maximum Gasteiger partial charge on any atom is 0.306 e. The van der Waals surface area contributed by atoms with Gasteiger partial charge >= 0.3 is 5.97 Å². The van der Waals surface area contributed by atoms with Gasteiger partial charge in [0.05, 0.1) is 5.92 Å². The van der Waals surface area contributed by atoms with Gasteiger partial charge < -0.3 is 10.0 Å². The molecule has 0 bridgehead atoms. The summed E-state index contributed by atoms with van der Waals surface area (Å²) in [5.41, 5.74) is 3.68. The molecule has 0 heterocycles. The Kier molecular flexibility index (Phi) is 4.93. The molecule has 1 N–H and O–H groups in total. The van der Waals surface area contributed by atoms with Gasteiger partial charge in [-0.25, -0.2) is 0 Å². The summed E-state index contributed by atoms with van der Waals surface area (Å²) in [7, 11) is 0. The third-order valence-electron chi connectivity index (χ3n) is 5.57.